The Balaban J connectivity index is 1.51. The van der Waals surface area contributed by atoms with Gasteiger partial charge in [-0.3, -0.25) is 14.6 Å². The van der Waals surface area contributed by atoms with E-state index in [0.717, 1.165) is 47.7 Å². The first-order chi connectivity index (χ1) is 15.9. The Morgan fingerprint density at radius 1 is 1.03 bits per heavy atom. The molecule has 0 spiro atoms. The van der Waals surface area contributed by atoms with Gasteiger partial charge in [0.1, 0.15) is 5.75 Å². The summed E-state index contributed by atoms with van der Waals surface area (Å²) in [6.45, 7) is 4.86. The van der Waals surface area contributed by atoms with Crippen molar-refractivity contribution in [1.29, 1.82) is 0 Å². The van der Waals surface area contributed by atoms with Gasteiger partial charge >= 0.3 is 0 Å². The molecule has 0 bridgehead atoms. The second-order valence-electron chi connectivity index (χ2n) is 8.50. The van der Waals surface area contributed by atoms with Crippen LogP contribution in [0.4, 0.5) is 5.69 Å². The van der Waals surface area contributed by atoms with E-state index in [1.54, 1.807) is 31.4 Å². The molecule has 1 fully saturated rings. The van der Waals surface area contributed by atoms with Crippen LogP contribution < -0.4 is 10.1 Å². The lowest BCUT2D eigenvalue weighted by atomic mass is 9.91. The van der Waals surface area contributed by atoms with Crippen LogP contribution in [-0.2, 0) is 4.79 Å². The Labute approximate surface area is 194 Å². The molecule has 1 N–H and O–H groups in total. The summed E-state index contributed by atoms with van der Waals surface area (Å²) in [6, 6.07) is 19.3. The molecule has 2 aromatic carbocycles. The Bertz CT molecular complexity index is 1140. The average molecular weight is 444 g/mol. The van der Waals surface area contributed by atoms with Crippen molar-refractivity contribution in [2.45, 2.75) is 32.6 Å². The highest BCUT2D eigenvalue weighted by atomic mass is 16.5. The van der Waals surface area contributed by atoms with Crippen molar-refractivity contribution in [2.24, 2.45) is 0 Å². The van der Waals surface area contributed by atoms with Crippen LogP contribution in [0.3, 0.4) is 0 Å². The standard InChI is InChI=1S/C27H29N3O3/c1-18-15-23(20-8-12-25(33-3)13-9-20)16-26(28-18)22-5-4-14-30(17-22)27(32)21-6-10-24(11-7-21)29-19(2)31/h6-13,15-16,22H,4-5,14,17H2,1-3H3,(H,29,31)/t22-/m1/s1. The van der Waals surface area contributed by atoms with Crippen molar-refractivity contribution < 1.29 is 14.3 Å². The Morgan fingerprint density at radius 2 is 1.76 bits per heavy atom. The maximum absolute atomic E-state index is 13.1. The fourth-order valence-electron chi connectivity index (χ4n) is 4.34. The molecular formula is C27H29N3O3. The van der Waals surface area contributed by atoms with Crippen molar-refractivity contribution >= 4 is 17.5 Å². The summed E-state index contributed by atoms with van der Waals surface area (Å²) < 4.78 is 5.27. The lowest BCUT2D eigenvalue weighted by Crippen LogP contribution is -2.39. The van der Waals surface area contributed by atoms with E-state index >= 15 is 0 Å². The second kappa shape index (κ2) is 9.86. The number of rotatable bonds is 5. The molecule has 1 saturated heterocycles. The zero-order valence-corrected chi connectivity index (χ0v) is 19.3. The molecule has 1 atom stereocenters. The van der Waals surface area contributed by atoms with Gasteiger partial charge < -0.3 is 15.0 Å². The number of aromatic nitrogens is 1. The van der Waals surface area contributed by atoms with Crippen LogP contribution >= 0.6 is 0 Å². The highest BCUT2D eigenvalue weighted by Crippen LogP contribution is 2.31. The van der Waals surface area contributed by atoms with Gasteiger partial charge in [-0.25, -0.2) is 0 Å². The number of aryl methyl sites for hydroxylation is 1. The summed E-state index contributed by atoms with van der Waals surface area (Å²) in [5.41, 5.74) is 5.55. The molecule has 4 rings (SSSR count). The van der Waals surface area contributed by atoms with Crippen LogP contribution in [0.2, 0.25) is 0 Å². The number of nitrogens with one attached hydrogen (secondary N) is 1. The minimum Gasteiger partial charge on any atom is -0.497 e. The normalized spacial score (nSPS) is 15.7. The number of ether oxygens (including phenoxy) is 1. The van der Waals surface area contributed by atoms with E-state index < -0.39 is 0 Å². The number of carbonyl (C=O) groups excluding carboxylic acids is 2. The average Bonchev–Trinajstić information content (AvgIpc) is 2.83. The van der Waals surface area contributed by atoms with E-state index in [9.17, 15) is 9.59 Å². The molecule has 0 radical (unpaired) electrons. The minimum atomic E-state index is -0.132. The molecular weight excluding hydrogens is 414 g/mol. The number of piperidine rings is 1. The number of likely N-dealkylation sites (tertiary alicyclic amines) is 1. The zero-order chi connectivity index (χ0) is 23.4. The Kier molecular flexibility index (Phi) is 6.73. The molecule has 3 aromatic rings. The number of amides is 2. The molecule has 0 unspecified atom stereocenters. The number of carbonyl (C=O) groups is 2. The van der Waals surface area contributed by atoms with Crippen LogP contribution in [0.1, 0.15) is 47.4 Å². The van der Waals surface area contributed by atoms with E-state index in [4.69, 9.17) is 9.72 Å². The minimum absolute atomic E-state index is 0.0112. The number of benzene rings is 2. The van der Waals surface area contributed by atoms with Gasteiger partial charge in [0.2, 0.25) is 5.91 Å². The lowest BCUT2D eigenvalue weighted by molar-refractivity contribution is -0.114. The first kappa shape index (κ1) is 22.5. The third-order valence-corrected chi connectivity index (χ3v) is 5.98. The molecule has 6 heteroatoms. The van der Waals surface area contributed by atoms with Gasteiger partial charge in [0.15, 0.2) is 0 Å². The second-order valence-corrected chi connectivity index (χ2v) is 8.50. The summed E-state index contributed by atoms with van der Waals surface area (Å²) in [7, 11) is 1.66. The summed E-state index contributed by atoms with van der Waals surface area (Å²) in [4.78, 5) is 31.1. The molecule has 0 aliphatic carbocycles. The SMILES string of the molecule is COc1ccc(-c2cc(C)nc([C@@H]3CCCN(C(=O)c4ccc(NC(C)=O)cc4)C3)c2)cc1. The maximum atomic E-state index is 13.1. The van der Waals surface area contributed by atoms with Crippen molar-refractivity contribution in [1.82, 2.24) is 9.88 Å². The summed E-state index contributed by atoms with van der Waals surface area (Å²) in [5.74, 6) is 0.902. The molecule has 170 valence electrons. The molecule has 0 saturated carbocycles. The third kappa shape index (κ3) is 5.40. The smallest absolute Gasteiger partial charge is 0.253 e. The highest BCUT2D eigenvalue weighted by Gasteiger charge is 2.27. The molecule has 2 amide bonds. The molecule has 6 nitrogen and oxygen atoms in total. The predicted molar refractivity (Wildman–Crippen MR) is 130 cm³/mol. The van der Waals surface area contributed by atoms with E-state index in [0.29, 0.717) is 17.8 Å². The van der Waals surface area contributed by atoms with Gasteiger partial charge in [-0.05, 0) is 79.4 Å². The number of anilines is 1. The van der Waals surface area contributed by atoms with Crippen LogP contribution in [-0.4, -0.2) is 41.9 Å². The van der Waals surface area contributed by atoms with E-state index in [1.807, 2.05) is 24.0 Å². The largest absolute Gasteiger partial charge is 0.497 e. The quantitative estimate of drug-likeness (QED) is 0.599. The molecule has 33 heavy (non-hydrogen) atoms. The van der Waals surface area contributed by atoms with Gasteiger partial charge in [0.25, 0.3) is 5.91 Å². The molecule has 1 aliphatic heterocycles. The van der Waals surface area contributed by atoms with E-state index in [-0.39, 0.29) is 17.7 Å². The summed E-state index contributed by atoms with van der Waals surface area (Å²) >= 11 is 0. The molecule has 1 aliphatic rings. The molecule has 1 aromatic heterocycles. The number of hydrogen-bond acceptors (Lipinski definition) is 4. The van der Waals surface area contributed by atoms with E-state index in [2.05, 4.69) is 29.6 Å². The number of methoxy groups -OCH3 is 1. The first-order valence-corrected chi connectivity index (χ1v) is 11.2. The van der Waals surface area contributed by atoms with Crippen LogP contribution in [0, 0.1) is 6.92 Å². The fraction of sp³-hybridized carbons (Fsp3) is 0.296. The number of nitrogens with zero attached hydrogens (tertiary/aromatic N) is 2. The topological polar surface area (TPSA) is 71.5 Å². The monoisotopic (exact) mass is 443 g/mol. The summed E-state index contributed by atoms with van der Waals surface area (Å²) in [6.07, 6.45) is 1.94. The molecule has 2 heterocycles. The van der Waals surface area contributed by atoms with Crippen molar-refractivity contribution in [3.05, 3.63) is 77.6 Å². The van der Waals surface area contributed by atoms with Gasteiger partial charge in [0.05, 0.1) is 7.11 Å². The number of hydrogen-bond donors (Lipinski definition) is 1. The Hall–Kier alpha value is -3.67. The van der Waals surface area contributed by atoms with Gasteiger partial charge in [-0.1, -0.05) is 12.1 Å². The van der Waals surface area contributed by atoms with Gasteiger partial charge in [0, 0.05) is 48.6 Å². The van der Waals surface area contributed by atoms with Crippen LogP contribution in [0.5, 0.6) is 5.75 Å². The van der Waals surface area contributed by atoms with Gasteiger partial charge in [-0.2, -0.15) is 0 Å². The van der Waals surface area contributed by atoms with Crippen molar-refractivity contribution in [2.75, 3.05) is 25.5 Å². The first-order valence-electron chi connectivity index (χ1n) is 11.2. The van der Waals surface area contributed by atoms with Crippen molar-refractivity contribution in [3.8, 4) is 16.9 Å². The van der Waals surface area contributed by atoms with Crippen LogP contribution in [0.25, 0.3) is 11.1 Å². The van der Waals surface area contributed by atoms with Crippen molar-refractivity contribution in [3.63, 3.8) is 0 Å². The van der Waals surface area contributed by atoms with E-state index in [1.165, 1.54) is 6.92 Å². The highest BCUT2D eigenvalue weighted by molar-refractivity contribution is 5.95. The zero-order valence-electron chi connectivity index (χ0n) is 19.3. The maximum Gasteiger partial charge on any atom is 0.253 e. The summed E-state index contributed by atoms with van der Waals surface area (Å²) in [5, 5.41) is 2.73. The fourth-order valence-corrected chi connectivity index (χ4v) is 4.34. The van der Waals surface area contributed by atoms with Crippen LogP contribution in [0.15, 0.2) is 60.7 Å². The third-order valence-electron chi connectivity index (χ3n) is 5.98. The lowest BCUT2D eigenvalue weighted by Gasteiger charge is -2.33. The Morgan fingerprint density at radius 3 is 2.42 bits per heavy atom. The predicted octanol–water partition coefficient (Wildman–Crippen LogP) is 5.04. The number of pyridine rings is 1. The van der Waals surface area contributed by atoms with Gasteiger partial charge in [-0.15, -0.1) is 0 Å².